The number of carbonyl (C=O) groups is 1. The standard InChI is InChI=1S/C23H26N4O/c1-4-26(5-2)23-24-18(3)16-21(25-23)22(28)27(20-14-10-7-11-15-20)17-19-12-8-6-9-13-19/h6-16H,4-5,17H2,1-3H3. The Kier molecular flexibility index (Phi) is 6.37. The van der Waals surface area contributed by atoms with E-state index in [-0.39, 0.29) is 5.91 Å². The highest BCUT2D eigenvalue weighted by molar-refractivity contribution is 6.04. The van der Waals surface area contributed by atoms with Gasteiger partial charge in [0.05, 0.1) is 6.54 Å². The third kappa shape index (κ3) is 4.55. The van der Waals surface area contributed by atoms with Crippen LogP contribution in [0.5, 0.6) is 0 Å². The van der Waals surface area contributed by atoms with Crippen LogP contribution in [0, 0.1) is 6.92 Å². The molecule has 0 radical (unpaired) electrons. The van der Waals surface area contributed by atoms with Crippen molar-refractivity contribution in [3.8, 4) is 0 Å². The zero-order valence-electron chi connectivity index (χ0n) is 16.7. The van der Waals surface area contributed by atoms with E-state index >= 15 is 0 Å². The Bertz CT molecular complexity index is 908. The van der Waals surface area contributed by atoms with Gasteiger partial charge < -0.3 is 9.80 Å². The first-order valence-electron chi connectivity index (χ1n) is 9.63. The molecule has 0 fully saturated rings. The summed E-state index contributed by atoms with van der Waals surface area (Å²) in [6, 6.07) is 21.5. The van der Waals surface area contributed by atoms with Crippen LogP contribution in [0.1, 0.15) is 35.6 Å². The molecule has 0 aliphatic heterocycles. The number of aryl methyl sites for hydroxylation is 1. The highest BCUT2D eigenvalue weighted by atomic mass is 16.2. The lowest BCUT2D eigenvalue weighted by molar-refractivity contribution is 0.0980. The number of hydrogen-bond donors (Lipinski definition) is 0. The first-order valence-corrected chi connectivity index (χ1v) is 9.63. The van der Waals surface area contributed by atoms with Gasteiger partial charge in [0.1, 0.15) is 5.69 Å². The van der Waals surface area contributed by atoms with E-state index in [0.29, 0.717) is 18.2 Å². The SMILES string of the molecule is CCN(CC)c1nc(C)cc(C(=O)N(Cc2ccccc2)c2ccccc2)n1. The average molecular weight is 374 g/mol. The number of para-hydroxylation sites is 1. The minimum Gasteiger partial charge on any atom is -0.341 e. The summed E-state index contributed by atoms with van der Waals surface area (Å²) < 4.78 is 0. The molecule has 0 N–H and O–H groups in total. The van der Waals surface area contributed by atoms with E-state index in [1.807, 2.05) is 72.5 Å². The molecule has 0 unspecified atom stereocenters. The van der Waals surface area contributed by atoms with Crippen molar-refractivity contribution in [3.05, 3.63) is 83.7 Å². The van der Waals surface area contributed by atoms with Gasteiger partial charge in [0.25, 0.3) is 5.91 Å². The van der Waals surface area contributed by atoms with Crippen LogP contribution in [0.3, 0.4) is 0 Å². The molecule has 144 valence electrons. The van der Waals surface area contributed by atoms with Crippen molar-refractivity contribution in [2.45, 2.75) is 27.3 Å². The molecular formula is C23H26N4O. The number of rotatable bonds is 7. The minimum absolute atomic E-state index is 0.131. The molecule has 3 aromatic rings. The third-order valence-electron chi connectivity index (χ3n) is 4.60. The maximum absolute atomic E-state index is 13.5. The summed E-state index contributed by atoms with van der Waals surface area (Å²) >= 11 is 0. The Labute approximate surface area is 166 Å². The number of carbonyl (C=O) groups excluding carboxylic acids is 1. The molecule has 0 bridgehead atoms. The van der Waals surface area contributed by atoms with E-state index in [2.05, 4.69) is 23.8 Å². The van der Waals surface area contributed by atoms with Crippen LogP contribution in [0.15, 0.2) is 66.7 Å². The van der Waals surface area contributed by atoms with Gasteiger partial charge in [0.2, 0.25) is 5.95 Å². The number of anilines is 2. The fourth-order valence-corrected chi connectivity index (χ4v) is 3.10. The topological polar surface area (TPSA) is 49.3 Å². The largest absolute Gasteiger partial charge is 0.341 e. The second-order valence-corrected chi connectivity index (χ2v) is 6.58. The third-order valence-corrected chi connectivity index (χ3v) is 4.60. The van der Waals surface area contributed by atoms with Gasteiger partial charge in [0.15, 0.2) is 0 Å². The lowest BCUT2D eigenvalue weighted by Crippen LogP contribution is -2.32. The van der Waals surface area contributed by atoms with Crippen molar-refractivity contribution < 1.29 is 4.79 Å². The van der Waals surface area contributed by atoms with Crippen molar-refractivity contribution in [1.82, 2.24) is 9.97 Å². The maximum Gasteiger partial charge on any atom is 0.277 e. The Morgan fingerprint density at radius 2 is 1.50 bits per heavy atom. The zero-order chi connectivity index (χ0) is 19.9. The van der Waals surface area contributed by atoms with Crippen molar-refractivity contribution in [3.63, 3.8) is 0 Å². The van der Waals surface area contributed by atoms with E-state index in [1.165, 1.54) is 0 Å². The molecule has 0 saturated heterocycles. The fourth-order valence-electron chi connectivity index (χ4n) is 3.10. The van der Waals surface area contributed by atoms with Crippen LogP contribution in [0.25, 0.3) is 0 Å². The molecule has 1 amide bonds. The Morgan fingerprint density at radius 3 is 2.11 bits per heavy atom. The van der Waals surface area contributed by atoms with Crippen LogP contribution in [-0.2, 0) is 6.54 Å². The van der Waals surface area contributed by atoms with Crippen LogP contribution in [-0.4, -0.2) is 29.0 Å². The monoisotopic (exact) mass is 374 g/mol. The predicted molar refractivity (Wildman–Crippen MR) is 114 cm³/mol. The molecule has 1 aromatic heterocycles. The Balaban J connectivity index is 1.99. The summed E-state index contributed by atoms with van der Waals surface area (Å²) in [4.78, 5) is 26.4. The van der Waals surface area contributed by atoms with Gasteiger partial charge in [-0.15, -0.1) is 0 Å². The van der Waals surface area contributed by atoms with Crippen LogP contribution >= 0.6 is 0 Å². The van der Waals surface area contributed by atoms with E-state index in [0.717, 1.165) is 30.0 Å². The van der Waals surface area contributed by atoms with E-state index in [4.69, 9.17) is 0 Å². The molecule has 1 heterocycles. The zero-order valence-corrected chi connectivity index (χ0v) is 16.7. The molecule has 2 aromatic carbocycles. The molecule has 28 heavy (non-hydrogen) atoms. The number of nitrogens with zero attached hydrogens (tertiary/aromatic N) is 4. The normalized spacial score (nSPS) is 10.5. The van der Waals surface area contributed by atoms with Gasteiger partial charge >= 0.3 is 0 Å². The van der Waals surface area contributed by atoms with Gasteiger partial charge in [-0.1, -0.05) is 48.5 Å². The molecule has 0 atom stereocenters. The molecule has 5 heteroatoms. The number of benzene rings is 2. The summed E-state index contributed by atoms with van der Waals surface area (Å²) in [7, 11) is 0. The van der Waals surface area contributed by atoms with E-state index < -0.39 is 0 Å². The first kappa shape index (κ1) is 19.5. The number of hydrogen-bond acceptors (Lipinski definition) is 4. The van der Waals surface area contributed by atoms with Crippen LogP contribution in [0.2, 0.25) is 0 Å². The number of amides is 1. The van der Waals surface area contributed by atoms with E-state index in [1.54, 1.807) is 11.0 Å². The second-order valence-electron chi connectivity index (χ2n) is 6.58. The summed E-state index contributed by atoms with van der Waals surface area (Å²) in [5, 5.41) is 0. The van der Waals surface area contributed by atoms with Crippen molar-refractivity contribution in [2.75, 3.05) is 22.9 Å². The predicted octanol–water partition coefficient (Wildman–Crippen LogP) is 4.48. The lowest BCUT2D eigenvalue weighted by Gasteiger charge is -2.24. The average Bonchev–Trinajstić information content (AvgIpc) is 2.73. The summed E-state index contributed by atoms with van der Waals surface area (Å²) in [6.07, 6.45) is 0. The molecule has 0 aliphatic carbocycles. The van der Waals surface area contributed by atoms with Crippen molar-refractivity contribution in [2.24, 2.45) is 0 Å². The maximum atomic E-state index is 13.5. The van der Waals surface area contributed by atoms with Gasteiger partial charge in [-0.05, 0) is 44.5 Å². The molecule has 0 saturated carbocycles. The van der Waals surface area contributed by atoms with Crippen molar-refractivity contribution >= 4 is 17.5 Å². The molecule has 5 nitrogen and oxygen atoms in total. The smallest absolute Gasteiger partial charge is 0.277 e. The lowest BCUT2D eigenvalue weighted by atomic mass is 10.1. The Morgan fingerprint density at radius 1 is 0.893 bits per heavy atom. The molecule has 3 rings (SSSR count). The Hall–Kier alpha value is -3.21. The number of aromatic nitrogens is 2. The quantitative estimate of drug-likeness (QED) is 0.612. The summed E-state index contributed by atoms with van der Waals surface area (Å²) in [5.74, 6) is 0.468. The first-order chi connectivity index (χ1) is 13.6. The summed E-state index contributed by atoms with van der Waals surface area (Å²) in [5.41, 5.74) is 3.11. The van der Waals surface area contributed by atoms with Gasteiger partial charge in [-0.3, -0.25) is 4.79 Å². The van der Waals surface area contributed by atoms with Gasteiger partial charge in [0, 0.05) is 24.5 Å². The molecule has 0 spiro atoms. The van der Waals surface area contributed by atoms with Crippen molar-refractivity contribution in [1.29, 1.82) is 0 Å². The van der Waals surface area contributed by atoms with Gasteiger partial charge in [-0.2, -0.15) is 0 Å². The van der Waals surface area contributed by atoms with Crippen LogP contribution in [0.4, 0.5) is 11.6 Å². The summed E-state index contributed by atoms with van der Waals surface area (Å²) in [6.45, 7) is 8.08. The van der Waals surface area contributed by atoms with E-state index in [9.17, 15) is 4.79 Å². The fraction of sp³-hybridized carbons (Fsp3) is 0.261. The highest BCUT2D eigenvalue weighted by Crippen LogP contribution is 2.21. The molecule has 0 aliphatic rings. The van der Waals surface area contributed by atoms with Crippen LogP contribution < -0.4 is 9.80 Å². The second kappa shape index (κ2) is 9.13. The minimum atomic E-state index is -0.131. The molecular weight excluding hydrogens is 348 g/mol. The highest BCUT2D eigenvalue weighted by Gasteiger charge is 2.21. The van der Waals surface area contributed by atoms with Gasteiger partial charge in [-0.25, -0.2) is 9.97 Å².